The maximum atomic E-state index is 10.8. The molecule has 0 bridgehead atoms. The molecule has 11 heavy (non-hydrogen) atoms. The van der Waals surface area contributed by atoms with Gasteiger partial charge in [0.2, 0.25) is 0 Å². The van der Waals surface area contributed by atoms with E-state index in [1.807, 2.05) is 0 Å². The van der Waals surface area contributed by atoms with Gasteiger partial charge in [-0.25, -0.2) is 4.79 Å². The zero-order valence-electron chi connectivity index (χ0n) is 6.30. The summed E-state index contributed by atoms with van der Waals surface area (Å²) in [4.78, 5) is 10.8. The average molecular weight is 150 g/mol. The Morgan fingerprint density at radius 1 is 1.73 bits per heavy atom. The highest BCUT2D eigenvalue weighted by atomic mass is 16.5. The second-order valence-electron chi connectivity index (χ2n) is 2.47. The Morgan fingerprint density at radius 2 is 2.45 bits per heavy atom. The Kier molecular flexibility index (Phi) is 2.74. The molecule has 1 fully saturated rings. The molecule has 0 atom stereocenters. The summed E-state index contributed by atoms with van der Waals surface area (Å²) in [5.41, 5.74) is 1.17. The molecule has 0 N–H and O–H groups in total. The lowest BCUT2D eigenvalue weighted by Gasteiger charge is -2.14. The van der Waals surface area contributed by atoms with E-state index in [2.05, 4.69) is 10.7 Å². The fraction of sp³-hybridized carbons (Fsp3) is 0.444. The first-order chi connectivity index (χ1) is 5.33. The number of carbonyl (C=O) groups is 1. The summed E-state index contributed by atoms with van der Waals surface area (Å²) in [7, 11) is 0. The van der Waals surface area contributed by atoms with Crippen molar-refractivity contribution in [3.8, 4) is 12.3 Å². The van der Waals surface area contributed by atoms with Crippen LogP contribution in [0.4, 0.5) is 0 Å². The van der Waals surface area contributed by atoms with Crippen LogP contribution in [0.3, 0.4) is 0 Å². The number of hydrogen-bond donors (Lipinski definition) is 0. The molecule has 1 aliphatic carbocycles. The molecule has 0 aromatic heterocycles. The summed E-state index contributed by atoms with van der Waals surface area (Å²) >= 11 is 0. The minimum Gasteiger partial charge on any atom is -0.449 e. The van der Waals surface area contributed by atoms with E-state index in [1.165, 1.54) is 12.0 Å². The maximum Gasteiger partial charge on any atom is 0.331 e. The average Bonchev–Trinajstić information content (AvgIpc) is 1.93. The SMILES string of the molecule is C#CCOC(=O)C=C1CCC1. The Balaban J connectivity index is 2.26. The summed E-state index contributed by atoms with van der Waals surface area (Å²) in [5.74, 6) is 1.93. The monoisotopic (exact) mass is 150 g/mol. The highest BCUT2D eigenvalue weighted by Crippen LogP contribution is 2.24. The van der Waals surface area contributed by atoms with E-state index in [4.69, 9.17) is 6.42 Å². The lowest BCUT2D eigenvalue weighted by molar-refractivity contribution is -0.136. The summed E-state index contributed by atoms with van der Waals surface area (Å²) in [6.45, 7) is 0.0720. The molecule has 0 spiro atoms. The normalized spacial score (nSPS) is 14.6. The largest absolute Gasteiger partial charge is 0.449 e. The molecule has 1 saturated carbocycles. The van der Waals surface area contributed by atoms with Crippen LogP contribution in [-0.4, -0.2) is 12.6 Å². The fourth-order valence-corrected chi connectivity index (χ4v) is 0.846. The number of terminal acetylenes is 1. The van der Waals surface area contributed by atoms with Gasteiger partial charge in [-0.2, -0.15) is 0 Å². The van der Waals surface area contributed by atoms with E-state index >= 15 is 0 Å². The van der Waals surface area contributed by atoms with Crippen LogP contribution in [0.2, 0.25) is 0 Å². The van der Waals surface area contributed by atoms with Gasteiger partial charge in [0.15, 0.2) is 6.61 Å². The molecule has 0 amide bonds. The quantitative estimate of drug-likeness (QED) is 0.336. The second kappa shape index (κ2) is 3.82. The zero-order chi connectivity index (χ0) is 8.10. The zero-order valence-corrected chi connectivity index (χ0v) is 6.30. The molecule has 0 heterocycles. The van der Waals surface area contributed by atoms with Gasteiger partial charge in [-0.1, -0.05) is 11.5 Å². The van der Waals surface area contributed by atoms with E-state index in [0.717, 1.165) is 12.8 Å². The van der Waals surface area contributed by atoms with E-state index < -0.39 is 0 Å². The Labute approximate surface area is 66.2 Å². The third-order valence-corrected chi connectivity index (χ3v) is 1.62. The Hall–Kier alpha value is -1.23. The van der Waals surface area contributed by atoms with Gasteiger partial charge in [0, 0.05) is 6.08 Å². The van der Waals surface area contributed by atoms with Gasteiger partial charge >= 0.3 is 5.97 Å². The van der Waals surface area contributed by atoms with Gasteiger partial charge in [0.1, 0.15) is 0 Å². The third kappa shape index (κ3) is 2.46. The molecule has 2 nitrogen and oxygen atoms in total. The summed E-state index contributed by atoms with van der Waals surface area (Å²) < 4.78 is 4.65. The lowest BCUT2D eigenvalue weighted by atomic mass is 9.92. The van der Waals surface area contributed by atoms with E-state index in [1.54, 1.807) is 6.08 Å². The van der Waals surface area contributed by atoms with Gasteiger partial charge in [-0.15, -0.1) is 6.42 Å². The van der Waals surface area contributed by atoms with E-state index in [9.17, 15) is 4.79 Å². The van der Waals surface area contributed by atoms with Crippen molar-refractivity contribution in [3.63, 3.8) is 0 Å². The molecule has 1 aliphatic rings. The molecule has 0 aliphatic heterocycles. The van der Waals surface area contributed by atoms with E-state index in [-0.39, 0.29) is 12.6 Å². The first-order valence-electron chi connectivity index (χ1n) is 3.62. The number of rotatable bonds is 2. The minimum absolute atomic E-state index is 0.0720. The maximum absolute atomic E-state index is 10.8. The predicted molar refractivity (Wildman–Crippen MR) is 41.7 cm³/mol. The standard InChI is InChI=1S/C9H10O2/c1-2-6-11-9(10)7-8-4-3-5-8/h1,7H,3-6H2. The first kappa shape index (κ1) is 7.87. The summed E-state index contributed by atoms with van der Waals surface area (Å²) in [6.07, 6.45) is 9.70. The predicted octanol–water partition coefficient (Wildman–Crippen LogP) is 1.27. The molecule has 58 valence electrons. The van der Waals surface area contributed by atoms with Gasteiger partial charge in [-0.05, 0) is 19.3 Å². The second-order valence-corrected chi connectivity index (χ2v) is 2.47. The fourth-order valence-electron chi connectivity index (χ4n) is 0.846. The highest BCUT2D eigenvalue weighted by Gasteiger charge is 2.10. The van der Waals surface area contributed by atoms with Crippen molar-refractivity contribution in [1.82, 2.24) is 0 Å². The van der Waals surface area contributed by atoms with Crippen molar-refractivity contribution in [2.24, 2.45) is 0 Å². The van der Waals surface area contributed by atoms with Crippen molar-refractivity contribution in [1.29, 1.82) is 0 Å². The molecular weight excluding hydrogens is 140 g/mol. The first-order valence-corrected chi connectivity index (χ1v) is 3.62. The van der Waals surface area contributed by atoms with Crippen molar-refractivity contribution in [3.05, 3.63) is 11.6 Å². The van der Waals surface area contributed by atoms with Crippen LogP contribution in [0.5, 0.6) is 0 Å². The van der Waals surface area contributed by atoms with Crippen LogP contribution in [-0.2, 0) is 9.53 Å². The molecule has 2 heteroatoms. The number of allylic oxidation sites excluding steroid dienone is 1. The van der Waals surface area contributed by atoms with Crippen LogP contribution in [0, 0.1) is 12.3 Å². The van der Waals surface area contributed by atoms with E-state index in [0.29, 0.717) is 0 Å². The number of carbonyl (C=O) groups excluding carboxylic acids is 1. The molecular formula is C9H10O2. The number of ether oxygens (including phenoxy) is 1. The topological polar surface area (TPSA) is 26.3 Å². The number of esters is 1. The van der Waals surface area contributed by atoms with Crippen molar-refractivity contribution in [2.75, 3.05) is 6.61 Å². The van der Waals surface area contributed by atoms with Crippen molar-refractivity contribution in [2.45, 2.75) is 19.3 Å². The van der Waals surface area contributed by atoms with Gasteiger partial charge in [0.05, 0.1) is 0 Å². The van der Waals surface area contributed by atoms with Gasteiger partial charge < -0.3 is 4.74 Å². The molecule has 0 unspecified atom stereocenters. The van der Waals surface area contributed by atoms with Crippen LogP contribution < -0.4 is 0 Å². The minimum atomic E-state index is -0.308. The smallest absolute Gasteiger partial charge is 0.331 e. The number of hydrogen-bond acceptors (Lipinski definition) is 2. The molecule has 0 saturated heterocycles. The molecule has 0 aromatic carbocycles. The van der Waals surface area contributed by atoms with Crippen molar-refractivity contribution >= 4 is 5.97 Å². The van der Waals surface area contributed by atoms with Crippen LogP contribution in [0.15, 0.2) is 11.6 Å². The third-order valence-electron chi connectivity index (χ3n) is 1.62. The Bertz CT molecular complexity index is 214. The summed E-state index contributed by atoms with van der Waals surface area (Å²) in [6, 6.07) is 0. The molecule has 1 rings (SSSR count). The van der Waals surface area contributed by atoms with Crippen LogP contribution in [0.25, 0.3) is 0 Å². The van der Waals surface area contributed by atoms with Gasteiger partial charge in [-0.3, -0.25) is 0 Å². The lowest BCUT2D eigenvalue weighted by Crippen LogP contribution is -2.05. The Morgan fingerprint density at radius 3 is 2.91 bits per heavy atom. The molecule has 0 aromatic rings. The van der Waals surface area contributed by atoms with Crippen LogP contribution in [0.1, 0.15) is 19.3 Å². The summed E-state index contributed by atoms with van der Waals surface area (Å²) in [5, 5.41) is 0. The van der Waals surface area contributed by atoms with Gasteiger partial charge in [0.25, 0.3) is 0 Å². The van der Waals surface area contributed by atoms with Crippen molar-refractivity contribution < 1.29 is 9.53 Å². The van der Waals surface area contributed by atoms with Crippen LogP contribution >= 0.6 is 0 Å². The molecule has 0 radical (unpaired) electrons. The highest BCUT2D eigenvalue weighted by molar-refractivity contribution is 5.83.